The molecule has 0 aliphatic rings. The molecule has 0 aromatic heterocycles. The summed E-state index contributed by atoms with van der Waals surface area (Å²) in [5.41, 5.74) is 2.14. The van der Waals surface area contributed by atoms with Crippen molar-refractivity contribution in [3.63, 3.8) is 0 Å². The minimum atomic E-state index is -4.31. The Bertz CT molecular complexity index is 1640. The summed E-state index contributed by atoms with van der Waals surface area (Å²) >= 11 is 0. The van der Waals surface area contributed by atoms with Crippen molar-refractivity contribution >= 4 is 32.4 Å². The van der Waals surface area contributed by atoms with Gasteiger partial charge in [0.2, 0.25) is 5.75 Å². The molecule has 0 unspecified atom stereocenters. The molecule has 0 fully saturated rings. The quantitative estimate of drug-likeness (QED) is 0.176. The highest BCUT2D eigenvalue weighted by Gasteiger charge is 2.27. The zero-order chi connectivity index (χ0) is 29.0. The molecule has 40 heavy (non-hydrogen) atoms. The van der Waals surface area contributed by atoms with Gasteiger partial charge in [-0.1, -0.05) is 63.2 Å². The van der Waals surface area contributed by atoms with Crippen molar-refractivity contribution in [1.29, 1.82) is 0 Å². The first-order valence-corrected chi connectivity index (χ1v) is 14.7. The van der Waals surface area contributed by atoms with Gasteiger partial charge in [0.05, 0.1) is 0 Å². The molecule has 0 saturated heterocycles. The lowest BCUT2D eigenvalue weighted by atomic mass is 10.0. The number of anilines is 1. The summed E-state index contributed by atoms with van der Waals surface area (Å²) in [4.78, 5) is 14.6. The number of phenols is 3. The summed E-state index contributed by atoms with van der Waals surface area (Å²) < 4.78 is 28.7. The summed E-state index contributed by atoms with van der Waals surface area (Å²) in [5, 5.41) is 32.0. The van der Waals surface area contributed by atoms with Crippen LogP contribution in [-0.4, -0.2) is 47.6 Å². The Morgan fingerprint density at radius 2 is 1.52 bits per heavy atom. The van der Waals surface area contributed by atoms with E-state index in [0.717, 1.165) is 24.3 Å². The van der Waals surface area contributed by atoms with Crippen LogP contribution in [0.5, 0.6) is 17.2 Å². The van der Waals surface area contributed by atoms with Gasteiger partial charge in [-0.15, -0.1) is 0 Å². The predicted octanol–water partition coefficient (Wildman–Crippen LogP) is 5.98. The largest absolute Gasteiger partial charge is 0.504 e. The molecular formula is C31H34N2O6S. The molecule has 0 radical (unpaired) electrons. The second-order valence-electron chi connectivity index (χ2n) is 10.1. The fourth-order valence-corrected chi connectivity index (χ4v) is 5.80. The topological polar surface area (TPSA) is 127 Å². The lowest BCUT2D eigenvalue weighted by Gasteiger charge is -2.22. The van der Waals surface area contributed by atoms with Crippen LogP contribution in [0.1, 0.15) is 54.6 Å². The summed E-state index contributed by atoms with van der Waals surface area (Å²) in [7, 11) is -4.31. The minimum Gasteiger partial charge on any atom is -0.504 e. The van der Waals surface area contributed by atoms with Gasteiger partial charge in [-0.3, -0.25) is 9.52 Å². The van der Waals surface area contributed by atoms with E-state index in [-0.39, 0.29) is 23.1 Å². The van der Waals surface area contributed by atoms with Crippen LogP contribution < -0.4 is 4.72 Å². The number of nitrogens with one attached hydrogen (secondary N) is 1. The van der Waals surface area contributed by atoms with E-state index in [1.165, 1.54) is 5.56 Å². The van der Waals surface area contributed by atoms with Crippen LogP contribution in [0, 0.1) is 0 Å². The zero-order valence-electron chi connectivity index (χ0n) is 22.8. The van der Waals surface area contributed by atoms with E-state index in [1.54, 1.807) is 50.2 Å². The number of sulfonamides is 1. The van der Waals surface area contributed by atoms with Gasteiger partial charge in [-0.25, -0.2) is 8.42 Å². The molecule has 0 aliphatic heterocycles. The molecule has 0 spiro atoms. The number of hydrogen-bond donors (Lipinski definition) is 4. The van der Waals surface area contributed by atoms with Gasteiger partial charge in [-0.05, 0) is 65.4 Å². The predicted molar refractivity (Wildman–Crippen MR) is 157 cm³/mol. The third-order valence-electron chi connectivity index (χ3n) is 6.79. The molecule has 4 N–H and O–H groups in total. The molecule has 210 valence electrons. The number of rotatable bonds is 10. The fraction of sp³-hybridized carbons (Fsp3) is 0.258. The van der Waals surface area contributed by atoms with Crippen LogP contribution in [0.2, 0.25) is 0 Å². The van der Waals surface area contributed by atoms with Gasteiger partial charge in [0.1, 0.15) is 4.90 Å². The first kappa shape index (κ1) is 28.8. The highest BCUT2D eigenvalue weighted by Crippen LogP contribution is 2.45. The Hall–Kier alpha value is -4.24. The van der Waals surface area contributed by atoms with Crippen LogP contribution in [0.4, 0.5) is 5.69 Å². The molecule has 0 bridgehead atoms. The molecule has 8 nitrogen and oxygen atoms in total. The van der Waals surface area contributed by atoms with Crippen LogP contribution in [0.3, 0.4) is 0 Å². The lowest BCUT2D eigenvalue weighted by molar-refractivity contribution is 0.0757. The van der Waals surface area contributed by atoms with Crippen LogP contribution in [0.25, 0.3) is 10.8 Å². The average Bonchev–Trinajstić information content (AvgIpc) is 2.93. The molecule has 0 saturated carbocycles. The first-order chi connectivity index (χ1) is 19.0. The normalized spacial score (nSPS) is 11.6. The van der Waals surface area contributed by atoms with E-state index in [0.29, 0.717) is 24.0 Å². The standard InChI is InChI=1S/C31H34N2O6S/c1-4-15-33(16-14-21-8-6-5-7-9-21)31(37)24-11-10-23-18-25(13-12-22(23)17-24)32-40(38,39)27-19-26(20(2)3)28(34)30(36)29(27)35/h5-13,17-20,32,34-36H,4,14-16H2,1-3H3. The average molecular weight is 563 g/mol. The summed E-state index contributed by atoms with van der Waals surface area (Å²) in [5.74, 6) is -2.73. The molecule has 0 atom stereocenters. The second kappa shape index (κ2) is 11.9. The van der Waals surface area contributed by atoms with Crippen molar-refractivity contribution in [3.05, 3.63) is 89.5 Å². The second-order valence-corrected chi connectivity index (χ2v) is 11.7. The number of carbonyl (C=O) groups excluding carboxylic acids is 1. The lowest BCUT2D eigenvalue weighted by Crippen LogP contribution is -2.33. The monoisotopic (exact) mass is 562 g/mol. The van der Waals surface area contributed by atoms with Gasteiger partial charge >= 0.3 is 0 Å². The smallest absolute Gasteiger partial charge is 0.265 e. The molecule has 9 heteroatoms. The summed E-state index contributed by atoms with van der Waals surface area (Å²) in [6, 6.07) is 21.4. The molecule has 0 aliphatic carbocycles. The molecular weight excluding hydrogens is 528 g/mol. The summed E-state index contributed by atoms with van der Waals surface area (Å²) in [6.07, 6.45) is 1.60. The van der Waals surface area contributed by atoms with E-state index in [2.05, 4.69) is 4.72 Å². The number of hydrogen-bond acceptors (Lipinski definition) is 6. The molecule has 4 aromatic rings. The maximum atomic E-state index is 13.3. The van der Waals surface area contributed by atoms with Crippen molar-refractivity contribution in [3.8, 4) is 17.2 Å². The number of amides is 1. The molecule has 4 aromatic carbocycles. The van der Waals surface area contributed by atoms with Crippen LogP contribution in [-0.2, 0) is 16.4 Å². The third kappa shape index (κ3) is 6.15. The molecule has 4 rings (SSSR count). The van der Waals surface area contributed by atoms with Crippen LogP contribution in [0.15, 0.2) is 77.7 Å². The Labute approximate surface area is 234 Å². The maximum absolute atomic E-state index is 13.3. The highest BCUT2D eigenvalue weighted by molar-refractivity contribution is 7.92. The Kier molecular flexibility index (Phi) is 8.54. The number of benzene rings is 4. The van der Waals surface area contributed by atoms with Crippen molar-refractivity contribution in [2.24, 2.45) is 0 Å². The van der Waals surface area contributed by atoms with Gasteiger partial charge in [0.15, 0.2) is 11.5 Å². The van der Waals surface area contributed by atoms with Gasteiger partial charge < -0.3 is 20.2 Å². The van der Waals surface area contributed by atoms with Crippen molar-refractivity contribution in [2.45, 2.75) is 44.4 Å². The van der Waals surface area contributed by atoms with Crippen LogP contribution >= 0.6 is 0 Å². The minimum absolute atomic E-state index is 0.0620. The number of carbonyl (C=O) groups is 1. The van der Waals surface area contributed by atoms with Gasteiger partial charge in [-0.2, -0.15) is 0 Å². The SMILES string of the molecule is CCCN(CCc1ccccc1)C(=O)c1ccc2cc(NS(=O)(=O)c3cc(C(C)C)c(O)c(O)c3O)ccc2c1. The van der Waals surface area contributed by atoms with Crippen molar-refractivity contribution in [1.82, 2.24) is 4.90 Å². The van der Waals surface area contributed by atoms with E-state index >= 15 is 0 Å². The number of nitrogens with zero attached hydrogens (tertiary/aromatic N) is 1. The zero-order valence-corrected chi connectivity index (χ0v) is 23.6. The number of fused-ring (bicyclic) bond motifs is 1. The van der Waals surface area contributed by atoms with Crippen molar-refractivity contribution < 1.29 is 28.5 Å². The molecule has 1 amide bonds. The van der Waals surface area contributed by atoms with E-state index < -0.39 is 32.2 Å². The van der Waals surface area contributed by atoms with E-state index in [1.807, 2.05) is 42.2 Å². The highest BCUT2D eigenvalue weighted by atomic mass is 32.2. The summed E-state index contributed by atoms with van der Waals surface area (Å²) in [6.45, 7) is 6.73. The number of aromatic hydroxyl groups is 3. The van der Waals surface area contributed by atoms with E-state index in [4.69, 9.17) is 0 Å². The first-order valence-electron chi connectivity index (χ1n) is 13.2. The Balaban J connectivity index is 1.57. The number of phenolic OH excluding ortho intramolecular Hbond substituents is 3. The van der Waals surface area contributed by atoms with Crippen molar-refractivity contribution in [2.75, 3.05) is 17.8 Å². The van der Waals surface area contributed by atoms with Gasteiger partial charge in [0, 0.05) is 29.9 Å². The maximum Gasteiger partial charge on any atom is 0.265 e. The van der Waals surface area contributed by atoms with Gasteiger partial charge in [0.25, 0.3) is 15.9 Å². The fourth-order valence-electron chi connectivity index (χ4n) is 4.62. The molecule has 0 heterocycles. The Morgan fingerprint density at radius 1 is 0.850 bits per heavy atom. The van der Waals surface area contributed by atoms with E-state index in [9.17, 15) is 28.5 Å². The Morgan fingerprint density at radius 3 is 2.20 bits per heavy atom. The third-order valence-corrected chi connectivity index (χ3v) is 8.18.